The molecule has 0 unspecified atom stereocenters. The normalized spacial score (nSPS) is 12.4. The lowest BCUT2D eigenvalue weighted by molar-refractivity contribution is 1.12. The van der Waals surface area contributed by atoms with Gasteiger partial charge in [0, 0.05) is 15.8 Å². The topological polar surface area (TPSA) is 0 Å². The van der Waals surface area contributed by atoms with Crippen LogP contribution in [0.25, 0.3) is 0 Å². The Morgan fingerprint density at radius 1 is 0.938 bits per heavy atom. The van der Waals surface area contributed by atoms with Crippen molar-refractivity contribution in [2.75, 3.05) is 0 Å². The third kappa shape index (κ3) is 4.44. The standard InChI is InChI=1S/C12H19PS3/c1-10(2)15-13(14,16-11(3)4)12-8-6-5-7-9-12/h5-11H,1-4H3. The zero-order valence-corrected chi connectivity index (χ0v) is 13.6. The first kappa shape index (κ1) is 14.6. The van der Waals surface area contributed by atoms with Gasteiger partial charge in [-0.05, 0) is 0 Å². The van der Waals surface area contributed by atoms with Crippen molar-refractivity contribution in [3.8, 4) is 0 Å². The summed E-state index contributed by atoms with van der Waals surface area (Å²) in [7, 11) is 0. The molecule has 0 spiro atoms. The van der Waals surface area contributed by atoms with Crippen LogP contribution in [-0.2, 0) is 11.8 Å². The van der Waals surface area contributed by atoms with Crippen molar-refractivity contribution in [1.82, 2.24) is 0 Å². The Labute approximate surface area is 112 Å². The average molecular weight is 290 g/mol. The first-order valence-corrected chi connectivity index (χ1v) is 11.2. The van der Waals surface area contributed by atoms with Gasteiger partial charge in [-0.2, -0.15) is 0 Å². The van der Waals surface area contributed by atoms with Crippen LogP contribution in [0.15, 0.2) is 30.3 Å². The van der Waals surface area contributed by atoms with Gasteiger partial charge in [-0.25, -0.2) is 0 Å². The van der Waals surface area contributed by atoms with E-state index in [1.54, 1.807) is 0 Å². The molecule has 0 radical (unpaired) electrons. The van der Waals surface area contributed by atoms with E-state index < -0.39 is 4.44 Å². The molecule has 0 aliphatic rings. The van der Waals surface area contributed by atoms with Gasteiger partial charge in [0.2, 0.25) is 0 Å². The van der Waals surface area contributed by atoms with Gasteiger partial charge >= 0.3 is 0 Å². The maximum absolute atomic E-state index is 5.96. The van der Waals surface area contributed by atoms with Gasteiger partial charge in [0.25, 0.3) is 0 Å². The second-order valence-electron chi connectivity index (χ2n) is 4.14. The fourth-order valence-corrected chi connectivity index (χ4v) is 15.2. The van der Waals surface area contributed by atoms with Crippen molar-refractivity contribution in [2.45, 2.75) is 38.2 Å². The van der Waals surface area contributed by atoms with Crippen molar-refractivity contribution in [3.63, 3.8) is 0 Å². The molecule has 0 nitrogen and oxygen atoms in total. The molecule has 0 aliphatic heterocycles. The second kappa shape index (κ2) is 6.49. The molecular weight excluding hydrogens is 271 g/mol. The van der Waals surface area contributed by atoms with Crippen molar-refractivity contribution in [3.05, 3.63) is 30.3 Å². The molecule has 0 saturated heterocycles. The van der Waals surface area contributed by atoms with Gasteiger partial charge in [0.1, 0.15) is 0 Å². The van der Waals surface area contributed by atoms with Crippen molar-refractivity contribution in [2.24, 2.45) is 0 Å². The van der Waals surface area contributed by atoms with Gasteiger partial charge in [0.05, 0.1) is 4.44 Å². The van der Waals surface area contributed by atoms with Crippen molar-refractivity contribution < 1.29 is 0 Å². The Morgan fingerprint density at radius 2 is 1.38 bits per heavy atom. The highest BCUT2D eigenvalue weighted by molar-refractivity contribution is 9.02. The lowest BCUT2D eigenvalue weighted by Gasteiger charge is -2.25. The SMILES string of the molecule is CC(C)SP(=S)(SC(C)C)c1ccccc1. The van der Waals surface area contributed by atoms with Gasteiger partial charge < -0.3 is 0 Å². The fraction of sp³-hybridized carbons (Fsp3) is 0.500. The van der Waals surface area contributed by atoms with Crippen LogP contribution in [0.2, 0.25) is 0 Å². The van der Waals surface area contributed by atoms with Crippen LogP contribution in [0.5, 0.6) is 0 Å². The summed E-state index contributed by atoms with van der Waals surface area (Å²) in [6.07, 6.45) is 0. The van der Waals surface area contributed by atoms with Crippen LogP contribution in [0, 0.1) is 0 Å². The molecule has 0 heterocycles. The van der Waals surface area contributed by atoms with E-state index in [-0.39, 0.29) is 0 Å². The summed E-state index contributed by atoms with van der Waals surface area (Å²) in [5, 5.41) is 2.54. The largest absolute Gasteiger partial charge is 0.107 e. The number of benzene rings is 1. The molecule has 0 bridgehead atoms. The van der Waals surface area contributed by atoms with Gasteiger partial charge in [-0.1, -0.05) is 69.8 Å². The predicted molar refractivity (Wildman–Crippen MR) is 85.8 cm³/mol. The Kier molecular flexibility index (Phi) is 5.93. The van der Waals surface area contributed by atoms with E-state index >= 15 is 0 Å². The first-order valence-electron chi connectivity index (χ1n) is 5.46. The maximum atomic E-state index is 5.96. The summed E-state index contributed by atoms with van der Waals surface area (Å²) in [5.74, 6) is 0. The van der Waals surface area contributed by atoms with Crippen LogP contribution in [0.4, 0.5) is 0 Å². The summed E-state index contributed by atoms with van der Waals surface area (Å²) >= 11 is 9.90. The van der Waals surface area contributed by atoms with Crippen LogP contribution in [-0.4, -0.2) is 10.5 Å². The molecule has 0 aromatic heterocycles. The van der Waals surface area contributed by atoms with E-state index in [0.717, 1.165) is 0 Å². The summed E-state index contributed by atoms with van der Waals surface area (Å²) in [5.41, 5.74) is 0. The van der Waals surface area contributed by atoms with E-state index in [1.807, 2.05) is 22.8 Å². The Hall–Kier alpha value is 0.570. The summed E-state index contributed by atoms with van der Waals surface area (Å²) in [4.78, 5) is 0. The van der Waals surface area contributed by atoms with Crippen LogP contribution >= 0.6 is 27.2 Å². The predicted octanol–water partition coefficient (Wildman–Crippen LogP) is 4.90. The molecule has 1 aromatic rings. The van der Waals surface area contributed by atoms with E-state index in [4.69, 9.17) is 11.8 Å². The Bertz CT molecular complexity index is 346. The van der Waals surface area contributed by atoms with Gasteiger partial charge in [0.15, 0.2) is 0 Å². The maximum Gasteiger partial charge on any atom is 0.0854 e. The Morgan fingerprint density at radius 3 is 1.75 bits per heavy atom. The minimum absolute atomic E-state index is 0.595. The second-order valence-corrected chi connectivity index (χ2v) is 16.2. The fourth-order valence-electron chi connectivity index (χ4n) is 1.31. The molecule has 0 amide bonds. The number of hydrogen-bond acceptors (Lipinski definition) is 3. The zero-order valence-electron chi connectivity index (χ0n) is 10.2. The third-order valence-corrected chi connectivity index (χ3v) is 13.3. The van der Waals surface area contributed by atoms with Crippen LogP contribution in [0.1, 0.15) is 27.7 Å². The van der Waals surface area contributed by atoms with Crippen molar-refractivity contribution >= 4 is 44.3 Å². The molecule has 0 saturated carbocycles. The van der Waals surface area contributed by atoms with Gasteiger partial charge in [-0.3, -0.25) is 0 Å². The zero-order chi connectivity index (χ0) is 12.2. The molecule has 4 heteroatoms. The average Bonchev–Trinajstić information content (AvgIpc) is 2.16. The summed E-state index contributed by atoms with van der Waals surface area (Å²) in [6.45, 7) is 8.93. The van der Waals surface area contributed by atoms with E-state index in [1.165, 1.54) is 5.30 Å². The summed E-state index contributed by atoms with van der Waals surface area (Å²) in [6, 6.07) is 10.6. The molecule has 0 fully saturated rings. The lowest BCUT2D eigenvalue weighted by atomic mass is 10.4. The quantitative estimate of drug-likeness (QED) is 0.708. The minimum atomic E-state index is -1.52. The molecule has 0 atom stereocenters. The molecule has 1 rings (SSSR count). The molecule has 90 valence electrons. The highest BCUT2D eigenvalue weighted by Gasteiger charge is 2.23. The highest BCUT2D eigenvalue weighted by atomic mass is 33.2. The van der Waals surface area contributed by atoms with Crippen LogP contribution < -0.4 is 5.30 Å². The monoisotopic (exact) mass is 290 g/mol. The van der Waals surface area contributed by atoms with E-state index in [9.17, 15) is 0 Å². The number of rotatable bonds is 5. The lowest BCUT2D eigenvalue weighted by Crippen LogP contribution is -2.03. The third-order valence-electron chi connectivity index (χ3n) is 1.77. The van der Waals surface area contributed by atoms with E-state index in [2.05, 4.69) is 58.0 Å². The highest BCUT2D eigenvalue weighted by Crippen LogP contribution is 2.70. The molecular formula is C12H19PS3. The molecule has 0 aliphatic carbocycles. The smallest absolute Gasteiger partial charge is 0.0854 e. The first-order chi connectivity index (χ1) is 7.44. The molecule has 0 N–H and O–H groups in total. The van der Waals surface area contributed by atoms with Crippen LogP contribution in [0.3, 0.4) is 0 Å². The summed E-state index contributed by atoms with van der Waals surface area (Å²) < 4.78 is -1.52. The number of hydrogen-bond donors (Lipinski definition) is 0. The molecule has 16 heavy (non-hydrogen) atoms. The van der Waals surface area contributed by atoms with E-state index in [0.29, 0.717) is 10.5 Å². The van der Waals surface area contributed by atoms with Gasteiger partial charge in [-0.15, -0.1) is 22.8 Å². The molecule has 1 aromatic carbocycles. The van der Waals surface area contributed by atoms with Crippen molar-refractivity contribution in [1.29, 1.82) is 0 Å². The minimum Gasteiger partial charge on any atom is -0.107 e. The Balaban J connectivity index is 3.00.